The molecular formula is C10H15N3O2. The summed E-state index contributed by atoms with van der Waals surface area (Å²) >= 11 is 0. The Balaban J connectivity index is 2.49. The largest absolute Gasteiger partial charge is 0.392 e. The normalized spacial score (nSPS) is 12.5. The predicted molar refractivity (Wildman–Crippen MR) is 56.0 cm³/mol. The van der Waals surface area contributed by atoms with Gasteiger partial charge in [-0.3, -0.25) is 15.2 Å². The molecule has 0 aliphatic rings. The number of pyridine rings is 1. The molecule has 15 heavy (non-hydrogen) atoms. The number of rotatable bonds is 4. The van der Waals surface area contributed by atoms with Gasteiger partial charge >= 0.3 is 0 Å². The summed E-state index contributed by atoms with van der Waals surface area (Å²) in [7, 11) is 1.70. The number of hydrogen-bond donors (Lipinski definition) is 2. The van der Waals surface area contributed by atoms with E-state index in [9.17, 15) is 4.79 Å². The Kier molecular flexibility index (Phi) is 4.20. The molecule has 0 aliphatic heterocycles. The van der Waals surface area contributed by atoms with E-state index in [0.717, 1.165) is 0 Å². The smallest absolute Gasteiger partial charge is 0.267 e. The molecule has 0 radical (unpaired) electrons. The lowest BCUT2D eigenvalue weighted by Crippen LogP contribution is -2.42. The second-order valence-corrected chi connectivity index (χ2v) is 3.41. The third-order valence-corrected chi connectivity index (χ3v) is 1.75. The Morgan fingerprint density at radius 1 is 1.73 bits per heavy atom. The van der Waals surface area contributed by atoms with Crippen LogP contribution in [-0.4, -0.2) is 40.7 Å². The molecule has 5 heteroatoms. The van der Waals surface area contributed by atoms with Crippen molar-refractivity contribution in [2.24, 2.45) is 0 Å². The molecule has 0 aliphatic carbocycles. The molecule has 0 saturated carbocycles. The zero-order valence-electron chi connectivity index (χ0n) is 8.84. The zero-order valence-corrected chi connectivity index (χ0v) is 8.84. The van der Waals surface area contributed by atoms with Crippen LogP contribution in [0.3, 0.4) is 0 Å². The first-order chi connectivity index (χ1) is 7.09. The Morgan fingerprint density at radius 2 is 2.47 bits per heavy atom. The summed E-state index contributed by atoms with van der Waals surface area (Å²) in [6, 6.07) is 3.38. The zero-order chi connectivity index (χ0) is 11.3. The van der Waals surface area contributed by atoms with Gasteiger partial charge in [-0.25, -0.2) is 5.01 Å². The van der Waals surface area contributed by atoms with Gasteiger partial charge in [0.15, 0.2) is 0 Å². The molecule has 0 spiro atoms. The van der Waals surface area contributed by atoms with Crippen LogP contribution >= 0.6 is 0 Å². The molecule has 1 amide bonds. The van der Waals surface area contributed by atoms with Crippen molar-refractivity contribution in [3.8, 4) is 0 Å². The fraction of sp³-hybridized carbons (Fsp3) is 0.400. The van der Waals surface area contributed by atoms with Gasteiger partial charge in [-0.15, -0.1) is 0 Å². The first-order valence-corrected chi connectivity index (χ1v) is 4.70. The van der Waals surface area contributed by atoms with Gasteiger partial charge in [0.05, 0.1) is 11.7 Å². The van der Waals surface area contributed by atoms with E-state index in [1.54, 1.807) is 37.3 Å². The topological polar surface area (TPSA) is 65.5 Å². The Morgan fingerprint density at radius 3 is 3.00 bits per heavy atom. The Hall–Kier alpha value is -1.46. The number of hydrazine groups is 1. The lowest BCUT2D eigenvalue weighted by molar-refractivity contribution is 0.0729. The van der Waals surface area contributed by atoms with Gasteiger partial charge in [0.2, 0.25) is 0 Å². The van der Waals surface area contributed by atoms with Crippen LogP contribution < -0.4 is 5.43 Å². The molecule has 0 fully saturated rings. The van der Waals surface area contributed by atoms with Gasteiger partial charge in [0.25, 0.3) is 5.91 Å². The van der Waals surface area contributed by atoms with Gasteiger partial charge in [-0.05, 0) is 19.1 Å². The van der Waals surface area contributed by atoms with Crippen molar-refractivity contribution >= 4 is 5.91 Å². The minimum Gasteiger partial charge on any atom is -0.392 e. The van der Waals surface area contributed by atoms with Gasteiger partial charge in [-0.1, -0.05) is 0 Å². The summed E-state index contributed by atoms with van der Waals surface area (Å²) in [6.07, 6.45) is 2.62. The summed E-state index contributed by atoms with van der Waals surface area (Å²) in [5, 5.41) is 10.6. The van der Waals surface area contributed by atoms with Crippen LogP contribution in [0.15, 0.2) is 24.5 Å². The number of aliphatic hydroxyl groups is 1. The first-order valence-electron chi connectivity index (χ1n) is 4.70. The van der Waals surface area contributed by atoms with Crippen molar-refractivity contribution in [2.75, 3.05) is 13.6 Å². The molecule has 1 heterocycles. The number of nitrogens with zero attached hydrogens (tertiary/aromatic N) is 2. The molecule has 1 rings (SSSR count). The number of aromatic nitrogens is 1. The molecule has 1 aromatic rings. The number of carbonyl (C=O) groups excluding carboxylic acids is 1. The van der Waals surface area contributed by atoms with Crippen LogP contribution in [0.4, 0.5) is 0 Å². The van der Waals surface area contributed by atoms with Crippen molar-refractivity contribution in [1.82, 2.24) is 15.4 Å². The Labute approximate surface area is 88.7 Å². The van der Waals surface area contributed by atoms with E-state index < -0.39 is 6.10 Å². The minimum absolute atomic E-state index is 0.230. The van der Waals surface area contributed by atoms with E-state index in [1.165, 1.54) is 6.20 Å². The third-order valence-electron chi connectivity index (χ3n) is 1.75. The van der Waals surface area contributed by atoms with E-state index >= 15 is 0 Å². The molecular weight excluding hydrogens is 194 g/mol. The summed E-state index contributed by atoms with van der Waals surface area (Å²) < 4.78 is 0. The van der Waals surface area contributed by atoms with E-state index in [0.29, 0.717) is 12.1 Å². The summed E-state index contributed by atoms with van der Waals surface area (Å²) in [5.41, 5.74) is 3.12. The standard InChI is InChI=1S/C10H15N3O2/c1-8(14)7-13(2)12-10(15)9-4-3-5-11-6-9/h3-6,8,14H,7H2,1-2H3,(H,12,15). The second-order valence-electron chi connectivity index (χ2n) is 3.41. The van der Waals surface area contributed by atoms with E-state index in [-0.39, 0.29) is 5.91 Å². The molecule has 1 aromatic heterocycles. The highest BCUT2D eigenvalue weighted by Gasteiger charge is 2.08. The quantitative estimate of drug-likeness (QED) is 0.687. The van der Waals surface area contributed by atoms with Crippen LogP contribution in [0.2, 0.25) is 0 Å². The predicted octanol–water partition coefficient (Wildman–Crippen LogP) is 0.0390. The van der Waals surface area contributed by atoms with Crippen molar-refractivity contribution in [2.45, 2.75) is 13.0 Å². The fourth-order valence-corrected chi connectivity index (χ4v) is 1.18. The van der Waals surface area contributed by atoms with Crippen LogP contribution in [0.25, 0.3) is 0 Å². The highest BCUT2D eigenvalue weighted by atomic mass is 16.3. The number of aliphatic hydroxyl groups excluding tert-OH is 1. The van der Waals surface area contributed by atoms with Crippen LogP contribution in [-0.2, 0) is 0 Å². The van der Waals surface area contributed by atoms with Crippen molar-refractivity contribution in [3.05, 3.63) is 30.1 Å². The van der Waals surface area contributed by atoms with E-state index in [2.05, 4.69) is 10.4 Å². The number of hydrogen-bond acceptors (Lipinski definition) is 4. The molecule has 5 nitrogen and oxygen atoms in total. The third kappa shape index (κ3) is 4.05. The number of amides is 1. The molecule has 1 unspecified atom stereocenters. The maximum atomic E-state index is 11.6. The summed E-state index contributed by atoms with van der Waals surface area (Å²) in [4.78, 5) is 15.4. The van der Waals surface area contributed by atoms with E-state index in [1.807, 2.05) is 0 Å². The molecule has 0 saturated heterocycles. The Bertz CT molecular complexity index is 314. The SMILES string of the molecule is CC(O)CN(C)NC(=O)c1cccnc1. The van der Waals surface area contributed by atoms with Gasteiger partial charge in [0, 0.05) is 26.0 Å². The molecule has 82 valence electrons. The monoisotopic (exact) mass is 209 g/mol. The number of nitrogens with one attached hydrogen (secondary N) is 1. The highest BCUT2D eigenvalue weighted by Crippen LogP contribution is 1.95. The van der Waals surface area contributed by atoms with Crippen molar-refractivity contribution < 1.29 is 9.90 Å². The molecule has 0 bridgehead atoms. The summed E-state index contributed by atoms with van der Waals surface area (Å²) in [6.45, 7) is 2.04. The average molecular weight is 209 g/mol. The van der Waals surface area contributed by atoms with Crippen molar-refractivity contribution in [3.63, 3.8) is 0 Å². The number of carbonyl (C=O) groups is 1. The van der Waals surface area contributed by atoms with Gasteiger partial charge < -0.3 is 5.11 Å². The maximum Gasteiger partial charge on any atom is 0.267 e. The van der Waals surface area contributed by atoms with Gasteiger partial charge in [-0.2, -0.15) is 0 Å². The summed E-state index contributed by atoms with van der Waals surface area (Å²) in [5.74, 6) is -0.230. The average Bonchev–Trinajstić information content (AvgIpc) is 2.17. The lowest BCUT2D eigenvalue weighted by atomic mass is 10.3. The molecule has 2 N–H and O–H groups in total. The second kappa shape index (κ2) is 5.43. The van der Waals surface area contributed by atoms with Crippen molar-refractivity contribution in [1.29, 1.82) is 0 Å². The van der Waals surface area contributed by atoms with Crippen LogP contribution in [0, 0.1) is 0 Å². The van der Waals surface area contributed by atoms with E-state index in [4.69, 9.17) is 5.11 Å². The lowest BCUT2D eigenvalue weighted by Gasteiger charge is -2.19. The fourth-order valence-electron chi connectivity index (χ4n) is 1.18. The minimum atomic E-state index is -0.482. The maximum absolute atomic E-state index is 11.6. The van der Waals surface area contributed by atoms with Gasteiger partial charge in [0.1, 0.15) is 0 Å². The molecule has 0 aromatic carbocycles. The number of likely N-dealkylation sites (N-methyl/N-ethyl adjacent to an activating group) is 1. The van der Waals surface area contributed by atoms with Crippen LogP contribution in [0.5, 0.6) is 0 Å². The first kappa shape index (κ1) is 11.6. The highest BCUT2D eigenvalue weighted by molar-refractivity contribution is 5.93. The van der Waals surface area contributed by atoms with Crippen LogP contribution in [0.1, 0.15) is 17.3 Å². The molecule has 1 atom stereocenters.